The molecule has 6 heterocycles. The van der Waals surface area contributed by atoms with E-state index in [1.807, 2.05) is 42.8 Å². The lowest BCUT2D eigenvalue weighted by Gasteiger charge is -2.34. The molecule has 0 aliphatic carbocycles. The zero-order valence-electron chi connectivity index (χ0n) is 38.1. The molecule has 3 fully saturated rings. The molecule has 0 spiro atoms. The third kappa shape index (κ3) is 8.48. The maximum Gasteiger partial charge on any atom is 0.407 e. The van der Waals surface area contributed by atoms with Gasteiger partial charge in [-0.15, -0.1) is 0 Å². The summed E-state index contributed by atoms with van der Waals surface area (Å²) in [6.45, 7) is 9.57. The van der Waals surface area contributed by atoms with Gasteiger partial charge in [-0.25, -0.2) is 19.6 Å². The molecule has 3 aromatic carbocycles. The standard InChI is InChI=1S/C49H60N8O8/c1-7-26(2)42(55-49(61)63-6)47(59)56-27(3)10-16-40(56)45-52-37-15-12-30-21-36-34-14-11-31(20-32(34)25-65-41(36)22-35(30)43(37)54-45)38-23-50-44(53-38)39-17-13-33(19-29-9-8-18-64-24-29)57(39)46(58)28(4)51-48(60)62-5/h11-12,14-15,20-23,26-29,33,39-40,42H,7-10,13,16-19,24-25H2,1-6H3,(H,50,53)(H,51,60)(H,52,54)(H,55,61)/t26-,27-,28-,29?,33+,39?,40?,42?/m0/s1. The van der Waals surface area contributed by atoms with Crippen molar-refractivity contribution in [3.05, 3.63) is 65.9 Å². The number of fused-ring (bicyclic) bond motifs is 6. The summed E-state index contributed by atoms with van der Waals surface area (Å²) in [5, 5.41) is 7.43. The molecule has 2 aromatic heterocycles. The number of benzene rings is 3. The number of ether oxygens (including phenoxy) is 4. The Morgan fingerprint density at radius 1 is 0.877 bits per heavy atom. The summed E-state index contributed by atoms with van der Waals surface area (Å²) in [6.07, 6.45) is 7.37. The Balaban J connectivity index is 0.962. The zero-order chi connectivity index (χ0) is 45.5. The quantitative estimate of drug-likeness (QED) is 0.101. The van der Waals surface area contributed by atoms with Crippen molar-refractivity contribution < 1.29 is 38.1 Å². The molecule has 0 saturated carbocycles. The number of rotatable bonds is 11. The second-order valence-electron chi connectivity index (χ2n) is 18.4. The summed E-state index contributed by atoms with van der Waals surface area (Å²) in [4.78, 5) is 73.5. The fraction of sp³-hybridized carbons (Fsp3) is 0.510. The predicted molar refractivity (Wildman–Crippen MR) is 244 cm³/mol. The van der Waals surface area contributed by atoms with Crippen LogP contribution in [0.15, 0.2) is 48.7 Å². The number of carbonyl (C=O) groups is 4. The first kappa shape index (κ1) is 44.1. The maximum absolute atomic E-state index is 14.2. The minimum atomic E-state index is -0.762. The number of alkyl carbamates (subject to hydrolysis) is 2. The maximum atomic E-state index is 14.2. The average molecular weight is 889 g/mol. The van der Waals surface area contributed by atoms with E-state index in [4.69, 9.17) is 28.9 Å². The van der Waals surface area contributed by atoms with Gasteiger partial charge in [-0.1, -0.05) is 38.5 Å². The molecular formula is C49H60N8O8. The van der Waals surface area contributed by atoms with E-state index in [0.29, 0.717) is 25.0 Å². The molecule has 5 aromatic rings. The SMILES string of the molecule is CC[C@H](C)C(NC(=O)OC)C(=O)N1C(c2nc3c(ccc4cc5c(cc43)OCc3cc(-c4cnc(C6CC[C@H](CC7CCCOC7)N6C(=O)[C@H](C)NC(=O)OC)[nH]4)ccc3-5)[nH]2)CC[C@@H]1C. The number of imidazole rings is 2. The van der Waals surface area contributed by atoms with Crippen LogP contribution in [0.4, 0.5) is 9.59 Å². The normalized spacial score (nSPS) is 23.0. The van der Waals surface area contributed by atoms with Crippen LogP contribution in [0.2, 0.25) is 0 Å². The Labute approximate surface area is 378 Å². The lowest BCUT2D eigenvalue weighted by Crippen LogP contribution is -2.53. The molecule has 0 bridgehead atoms. The number of nitrogens with one attached hydrogen (secondary N) is 4. The van der Waals surface area contributed by atoms with Crippen molar-refractivity contribution in [3.63, 3.8) is 0 Å². The second kappa shape index (κ2) is 18.4. The first-order valence-electron chi connectivity index (χ1n) is 23.1. The van der Waals surface area contributed by atoms with Crippen LogP contribution >= 0.6 is 0 Å². The number of nitrogens with zero attached hydrogens (tertiary/aromatic N) is 4. The van der Waals surface area contributed by atoms with Gasteiger partial charge in [-0.2, -0.15) is 0 Å². The monoisotopic (exact) mass is 888 g/mol. The lowest BCUT2D eigenvalue weighted by molar-refractivity contribution is -0.138. The van der Waals surface area contributed by atoms with Gasteiger partial charge in [0, 0.05) is 36.2 Å². The van der Waals surface area contributed by atoms with Crippen LogP contribution < -0.4 is 15.4 Å². The van der Waals surface area contributed by atoms with Crippen molar-refractivity contribution in [3.8, 4) is 28.1 Å². The Hall–Kier alpha value is -6.16. The number of carbonyl (C=O) groups excluding carboxylic acids is 4. The van der Waals surface area contributed by atoms with E-state index < -0.39 is 24.3 Å². The minimum absolute atomic E-state index is 0.000584. The molecule has 9 rings (SSSR count). The van der Waals surface area contributed by atoms with Gasteiger partial charge in [0.1, 0.15) is 36.1 Å². The molecule has 65 heavy (non-hydrogen) atoms. The molecule has 4 aliphatic heterocycles. The summed E-state index contributed by atoms with van der Waals surface area (Å²) < 4.78 is 21.9. The van der Waals surface area contributed by atoms with Crippen molar-refractivity contribution >= 4 is 45.8 Å². The number of amides is 4. The summed E-state index contributed by atoms with van der Waals surface area (Å²) in [5.74, 6) is 2.20. The first-order chi connectivity index (χ1) is 31.5. The first-order valence-corrected chi connectivity index (χ1v) is 23.1. The van der Waals surface area contributed by atoms with Gasteiger partial charge in [-0.05, 0) is 117 Å². The molecule has 4 amide bonds. The molecule has 4 unspecified atom stereocenters. The van der Waals surface area contributed by atoms with Crippen LogP contribution in [-0.4, -0.2) is 105 Å². The number of hydrogen-bond acceptors (Lipinski definition) is 10. The molecule has 4 N–H and O–H groups in total. The smallest absolute Gasteiger partial charge is 0.407 e. The van der Waals surface area contributed by atoms with Gasteiger partial charge < -0.3 is 49.3 Å². The third-order valence-electron chi connectivity index (χ3n) is 14.3. The van der Waals surface area contributed by atoms with Crippen molar-refractivity contribution in [1.82, 2.24) is 40.4 Å². The summed E-state index contributed by atoms with van der Waals surface area (Å²) in [7, 11) is 2.60. The topological polar surface area (TPSA) is 193 Å². The van der Waals surface area contributed by atoms with Crippen LogP contribution in [0.1, 0.15) is 108 Å². The predicted octanol–water partition coefficient (Wildman–Crippen LogP) is 8.08. The molecule has 16 heteroatoms. The van der Waals surface area contributed by atoms with Crippen molar-refractivity contribution in [2.45, 2.75) is 122 Å². The molecule has 344 valence electrons. The van der Waals surface area contributed by atoms with E-state index in [2.05, 4.69) is 57.0 Å². The van der Waals surface area contributed by atoms with E-state index in [9.17, 15) is 19.2 Å². The zero-order valence-corrected chi connectivity index (χ0v) is 38.1. The van der Waals surface area contributed by atoms with Gasteiger partial charge in [0.15, 0.2) is 0 Å². The number of aromatic nitrogens is 4. The van der Waals surface area contributed by atoms with Gasteiger partial charge in [0.2, 0.25) is 11.8 Å². The van der Waals surface area contributed by atoms with Crippen molar-refractivity contribution in [2.75, 3.05) is 27.4 Å². The Morgan fingerprint density at radius 2 is 1.66 bits per heavy atom. The second-order valence-corrected chi connectivity index (χ2v) is 18.4. The van der Waals surface area contributed by atoms with E-state index in [0.717, 1.165) is 119 Å². The summed E-state index contributed by atoms with van der Waals surface area (Å²) in [6, 6.07) is 12.7. The fourth-order valence-electron chi connectivity index (χ4n) is 10.6. The molecular weight excluding hydrogens is 829 g/mol. The third-order valence-corrected chi connectivity index (χ3v) is 14.3. The Kier molecular flexibility index (Phi) is 12.5. The molecule has 0 radical (unpaired) electrons. The van der Waals surface area contributed by atoms with Crippen LogP contribution in [0.25, 0.3) is 44.2 Å². The van der Waals surface area contributed by atoms with E-state index in [-0.39, 0.29) is 41.9 Å². The van der Waals surface area contributed by atoms with Gasteiger partial charge in [0.05, 0.1) is 49.2 Å². The Bertz CT molecular complexity index is 2600. The number of methoxy groups -OCH3 is 2. The number of likely N-dealkylation sites (tertiary alicyclic amines) is 2. The van der Waals surface area contributed by atoms with Gasteiger partial charge in [-0.3, -0.25) is 9.59 Å². The van der Waals surface area contributed by atoms with E-state index in [1.54, 1.807) is 6.92 Å². The fourth-order valence-corrected chi connectivity index (χ4v) is 10.6. The highest BCUT2D eigenvalue weighted by atomic mass is 16.5. The van der Waals surface area contributed by atoms with Crippen molar-refractivity contribution in [2.24, 2.45) is 11.8 Å². The Morgan fingerprint density at radius 3 is 2.43 bits per heavy atom. The number of aromatic amines is 2. The summed E-state index contributed by atoms with van der Waals surface area (Å²) in [5.41, 5.74) is 6.60. The molecule has 4 aliphatic rings. The molecule has 3 saturated heterocycles. The summed E-state index contributed by atoms with van der Waals surface area (Å²) >= 11 is 0. The van der Waals surface area contributed by atoms with Crippen LogP contribution in [0.5, 0.6) is 5.75 Å². The highest BCUT2D eigenvalue weighted by Gasteiger charge is 2.43. The van der Waals surface area contributed by atoms with Crippen molar-refractivity contribution in [1.29, 1.82) is 0 Å². The number of H-pyrrole nitrogens is 2. The largest absolute Gasteiger partial charge is 0.488 e. The van der Waals surface area contributed by atoms with E-state index in [1.165, 1.54) is 14.2 Å². The van der Waals surface area contributed by atoms with Gasteiger partial charge in [0.25, 0.3) is 0 Å². The molecule has 16 nitrogen and oxygen atoms in total. The molecule has 8 atom stereocenters. The van der Waals surface area contributed by atoms with Crippen LogP contribution in [0.3, 0.4) is 0 Å². The van der Waals surface area contributed by atoms with Gasteiger partial charge >= 0.3 is 12.2 Å². The average Bonchev–Trinajstić information content (AvgIpc) is 4.15. The number of hydrogen-bond donors (Lipinski definition) is 4. The van der Waals surface area contributed by atoms with Crippen LogP contribution in [-0.2, 0) is 30.4 Å². The lowest BCUT2D eigenvalue weighted by atomic mass is 9.92. The highest BCUT2D eigenvalue weighted by Crippen LogP contribution is 2.45. The highest BCUT2D eigenvalue weighted by molar-refractivity contribution is 6.07. The van der Waals surface area contributed by atoms with Crippen LogP contribution in [0, 0.1) is 11.8 Å². The minimum Gasteiger partial charge on any atom is -0.488 e. The van der Waals surface area contributed by atoms with E-state index >= 15 is 0 Å².